The van der Waals surface area contributed by atoms with Crippen LogP contribution in [0.15, 0.2) is 42.7 Å². The number of nitrogens with zero attached hydrogens (tertiary/aromatic N) is 3. The molecule has 0 spiro atoms. The summed E-state index contributed by atoms with van der Waals surface area (Å²) >= 11 is 0. The lowest BCUT2D eigenvalue weighted by atomic mass is 9.77. The molecular weight excluding hydrogens is 487 g/mol. The first-order valence-electron chi connectivity index (χ1n) is 10.9. The minimum absolute atomic E-state index is 0.112. The molecule has 0 bridgehead atoms. The molecule has 4 atom stereocenters. The molecule has 0 saturated carbocycles. The summed E-state index contributed by atoms with van der Waals surface area (Å²) in [5, 5.41) is 6.73. The van der Waals surface area contributed by atoms with E-state index in [4.69, 9.17) is 9.47 Å². The zero-order valence-corrected chi connectivity index (χ0v) is 19.7. The van der Waals surface area contributed by atoms with Crippen LogP contribution in [0.1, 0.15) is 31.0 Å². The number of carbonyl (C=O) groups is 1. The van der Waals surface area contributed by atoms with Gasteiger partial charge in [-0.25, -0.2) is 14.1 Å². The van der Waals surface area contributed by atoms with Gasteiger partial charge in [0.05, 0.1) is 24.7 Å². The van der Waals surface area contributed by atoms with Crippen LogP contribution >= 0.6 is 0 Å². The number of nitrogens with one attached hydrogen (secondary N) is 1. The average Bonchev–Trinajstić information content (AvgIpc) is 3.37. The highest BCUT2D eigenvalue weighted by Gasteiger charge is 2.65. The number of aryl methyl sites for hydroxylation is 1. The highest BCUT2D eigenvalue weighted by atomic mass is 19.4. The molecule has 0 unspecified atom stereocenters. The smallest absolute Gasteiger partial charge is 0.417 e. The lowest BCUT2D eigenvalue weighted by Crippen LogP contribution is -2.47. The van der Waals surface area contributed by atoms with Crippen LogP contribution in [0.25, 0.3) is 5.82 Å². The molecule has 3 heterocycles. The maximum Gasteiger partial charge on any atom is 0.417 e. The van der Waals surface area contributed by atoms with Crippen molar-refractivity contribution in [3.63, 3.8) is 0 Å². The minimum atomic E-state index is -4.85. The first kappa shape index (κ1) is 25.5. The molecular formula is C24H23F5N4O3. The van der Waals surface area contributed by atoms with Gasteiger partial charge in [-0.1, -0.05) is 13.0 Å². The molecule has 1 amide bonds. The van der Waals surface area contributed by atoms with E-state index in [2.05, 4.69) is 15.4 Å². The van der Waals surface area contributed by atoms with E-state index in [-0.39, 0.29) is 11.3 Å². The fraction of sp³-hybridized carbons (Fsp3) is 0.375. The highest BCUT2D eigenvalue weighted by molar-refractivity contribution is 5.95. The number of hydrogen-bond donors (Lipinski definition) is 1. The van der Waals surface area contributed by atoms with E-state index in [0.717, 1.165) is 31.9 Å². The minimum Gasteiger partial charge on any atom is -0.493 e. The summed E-state index contributed by atoms with van der Waals surface area (Å²) in [5.41, 5.74) is -1.89. The molecule has 1 saturated heterocycles. The van der Waals surface area contributed by atoms with Gasteiger partial charge in [0.25, 0.3) is 5.91 Å². The first-order valence-corrected chi connectivity index (χ1v) is 10.9. The molecule has 1 aliphatic heterocycles. The quantitative estimate of drug-likeness (QED) is 0.492. The number of carbonyl (C=O) groups excluding carboxylic acids is 1. The summed E-state index contributed by atoms with van der Waals surface area (Å²) in [7, 11) is 1.06. The number of amides is 1. The van der Waals surface area contributed by atoms with E-state index >= 15 is 0 Å². The Hall–Kier alpha value is -3.54. The van der Waals surface area contributed by atoms with Crippen molar-refractivity contribution < 1.29 is 36.2 Å². The molecule has 4 rings (SSSR count). The number of methoxy groups -OCH3 is 1. The van der Waals surface area contributed by atoms with Crippen LogP contribution in [-0.2, 0) is 9.53 Å². The average molecular weight is 510 g/mol. The van der Waals surface area contributed by atoms with Gasteiger partial charge in [-0.05, 0) is 38.1 Å². The molecule has 1 fully saturated rings. The number of anilines is 1. The molecule has 0 aliphatic carbocycles. The Morgan fingerprint density at radius 2 is 1.92 bits per heavy atom. The molecule has 0 radical (unpaired) electrons. The summed E-state index contributed by atoms with van der Waals surface area (Å²) in [6.07, 6.45) is -3.53. The Kier molecular flexibility index (Phi) is 6.50. The van der Waals surface area contributed by atoms with E-state index < -0.39 is 53.0 Å². The number of rotatable bonds is 5. The number of alkyl halides is 3. The monoisotopic (exact) mass is 510 g/mol. The van der Waals surface area contributed by atoms with Crippen molar-refractivity contribution in [2.24, 2.45) is 5.92 Å². The number of pyridine rings is 1. The van der Waals surface area contributed by atoms with Gasteiger partial charge in [-0.2, -0.15) is 22.7 Å². The summed E-state index contributed by atoms with van der Waals surface area (Å²) in [6, 6.07) is 6.73. The van der Waals surface area contributed by atoms with Crippen LogP contribution in [0.2, 0.25) is 0 Å². The molecule has 12 heteroatoms. The zero-order chi connectivity index (χ0) is 26.4. The van der Waals surface area contributed by atoms with Gasteiger partial charge in [0.15, 0.2) is 23.0 Å². The van der Waals surface area contributed by atoms with Crippen molar-refractivity contribution in [3.05, 3.63) is 65.6 Å². The second kappa shape index (κ2) is 9.16. The number of hydrogen-bond acceptors (Lipinski definition) is 5. The third-order valence-corrected chi connectivity index (χ3v) is 6.54. The lowest BCUT2D eigenvalue weighted by molar-refractivity contribution is -0.272. The standard InChI is InChI=1S/C24H23F5N4O3/c1-12-9-10-33(32-12)17-8-5-14(11-30-17)31-22(34)21-18(13(2)23(3,36-21)24(27,28)29)15-6-7-16(25)19(26)20(15)35-4/h5-11,13,18,21H,1-4H3,(H,31,34)/t13-,18-,21+,23+/m0/s1. The van der Waals surface area contributed by atoms with Gasteiger partial charge < -0.3 is 14.8 Å². The van der Waals surface area contributed by atoms with Crippen LogP contribution < -0.4 is 10.1 Å². The molecule has 1 aromatic carbocycles. The summed E-state index contributed by atoms with van der Waals surface area (Å²) < 4.78 is 82.2. The van der Waals surface area contributed by atoms with Crippen LogP contribution in [-0.4, -0.2) is 45.7 Å². The third kappa shape index (κ3) is 4.29. The van der Waals surface area contributed by atoms with Crippen LogP contribution in [0, 0.1) is 24.5 Å². The topological polar surface area (TPSA) is 78.3 Å². The summed E-state index contributed by atoms with van der Waals surface area (Å²) in [5.74, 6) is -6.29. The van der Waals surface area contributed by atoms with Gasteiger partial charge in [0, 0.05) is 23.6 Å². The Bertz CT molecular complexity index is 1280. The van der Waals surface area contributed by atoms with Crippen molar-refractivity contribution in [2.75, 3.05) is 12.4 Å². The van der Waals surface area contributed by atoms with Crippen molar-refractivity contribution in [2.45, 2.75) is 44.6 Å². The van der Waals surface area contributed by atoms with Crippen molar-refractivity contribution in [1.29, 1.82) is 0 Å². The number of aromatic nitrogens is 3. The lowest BCUT2D eigenvalue weighted by Gasteiger charge is -2.32. The zero-order valence-electron chi connectivity index (χ0n) is 19.7. The van der Waals surface area contributed by atoms with E-state index in [9.17, 15) is 26.7 Å². The largest absolute Gasteiger partial charge is 0.493 e. The normalized spacial score (nSPS) is 24.1. The third-order valence-electron chi connectivity index (χ3n) is 6.54. The Morgan fingerprint density at radius 1 is 1.19 bits per heavy atom. The highest BCUT2D eigenvalue weighted by Crippen LogP contribution is 2.55. The summed E-state index contributed by atoms with van der Waals surface area (Å²) in [4.78, 5) is 17.4. The van der Waals surface area contributed by atoms with Crippen LogP contribution in [0.3, 0.4) is 0 Å². The van der Waals surface area contributed by atoms with Crippen molar-refractivity contribution in [1.82, 2.24) is 14.8 Å². The number of halogens is 5. The molecule has 3 aromatic rings. The molecule has 2 aromatic heterocycles. The van der Waals surface area contributed by atoms with Gasteiger partial charge in [0.1, 0.15) is 6.10 Å². The first-order chi connectivity index (χ1) is 16.9. The van der Waals surface area contributed by atoms with E-state index in [1.54, 1.807) is 25.3 Å². The van der Waals surface area contributed by atoms with E-state index in [0.29, 0.717) is 5.82 Å². The SMILES string of the molecule is COc1c([C@H]2[C@H](C(=O)Nc3ccc(-n4ccc(C)n4)nc3)O[C@@](C)(C(F)(F)F)[C@H]2C)ccc(F)c1F. The van der Waals surface area contributed by atoms with Gasteiger partial charge >= 0.3 is 6.18 Å². The van der Waals surface area contributed by atoms with Crippen molar-refractivity contribution in [3.8, 4) is 11.6 Å². The van der Waals surface area contributed by atoms with Gasteiger partial charge in [-0.15, -0.1) is 0 Å². The molecule has 7 nitrogen and oxygen atoms in total. The van der Waals surface area contributed by atoms with E-state index in [1.807, 2.05) is 0 Å². The Morgan fingerprint density at radius 3 is 2.47 bits per heavy atom. The van der Waals surface area contributed by atoms with Crippen LogP contribution in [0.5, 0.6) is 5.75 Å². The second-order valence-corrected chi connectivity index (χ2v) is 8.74. The number of ether oxygens (including phenoxy) is 2. The molecule has 1 N–H and O–H groups in total. The maximum atomic E-state index is 14.4. The van der Waals surface area contributed by atoms with Gasteiger partial charge in [-0.3, -0.25) is 4.79 Å². The Labute approximate surface area is 203 Å². The predicted molar refractivity (Wildman–Crippen MR) is 119 cm³/mol. The van der Waals surface area contributed by atoms with Crippen LogP contribution in [0.4, 0.5) is 27.6 Å². The fourth-order valence-corrected chi connectivity index (χ4v) is 4.39. The van der Waals surface area contributed by atoms with Gasteiger partial charge in [0.2, 0.25) is 5.82 Å². The van der Waals surface area contributed by atoms with E-state index in [1.165, 1.54) is 23.9 Å². The molecule has 192 valence electrons. The van der Waals surface area contributed by atoms with Crippen molar-refractivity contribution >= 4 is 11.6 Å². The second-order valence-electron chi connectivity index (χ2n) is 8.74. The maximum absolute atomic E-state index is 14.4. The molecule has 1 aliphatic rings. The fourth-order valence-electron chi connectivity index (χ4n) is 4.39. The Balaban J connectivity index is 1.68. The molecule has 36 heavy (non-hydrogen) atoms. The summed E-state index contributed by atoms with van der Waals surface area (Å²) in [6.45, 7) is 3.88. The predicted octanol–water partition coefficient (Wildman–Crippen LogP) is 4.94. The number of benzene rings is 1.